The molecule has 4 heteroatoms. The van der Waals surface area contributed by atoms with Crippen LogP contribution in [0.5, 0.6) is 5.75 Å². The van der Waals surface area contributed by atoms with Crippen LogP contribution >= 0.6 is 0 Å². The first-order chi connectivity index (χ1) is 16.0. The predicted octanol–water partition coefficient (Wildman–Crippen LogP) is 8.70. The van der Waals surface area contributed by atoms with Gasteiger partial charge in [-0.25, -0.2) is 13.2 Å². The molecule has 2 fully saturated rings. The Hall–Kier alpha value is -1.97. The molecular weight excluding hydrogens is 421 g/mol. The minimum absolute atomic E-state index is 0.160. The van der Waals surface area contributed by atoms with Crippen LogP contribution in [0.3, 0.4) is 0 Å². The number of benzene rings is 2. The van der Waals surface area contributed by atoms with Gasteiger partial charge < -0.3 is 4.74 Å². The van der Waals surface area contributed by atoms with E-state index in [2.05, 4.69) is 6.92 Å². The number of rotatable bonds is 7. The maximum absolute atomic E-state index is 14.8. The molecule has 0 unspecified atom stereocenters. The lowest BCUT2D eigenvalue weighted by atomic mass is 9.76. The monoisotopic (exact) mass is 458 g/mol. The van der Waals surface area contributed by atoms with Gasteiger partial charge in [-0.1, -0.05) is 38.0 Å². The Kier molecular flexibility index (Phi) is 8.03. The third kappa shape index (κ3) is 5.75. The quantitative estimate of drug-likeness (QED) is 0.403. The van der Waals surface area contributed by atoms with Crippen molar-refractivity contribution >= 4 is 0 Å². The van der Waals surface area contributed by atoms with Gasteiger partial charge in [0.05, 0.1) is 6.61 Å². The van der Waals surface area contributed by atoms with Gasteiger partial charge in [-0.15, -0.1) is 0 Å². The third-order valence-electron chi connectivity index (χ3n) is 8.04. The molecule has 180 valence electrons. The van der Waals surface area contributed by atoms with Crippen LogP contribution in [0.2, 0.25) is 0 Å². The van der Waals surface area contributed by atoms with Crippen molar-refractivity contribution in [3.8, 4) is 5.75 Å². The van der Waals surface area contributed by atoms with Crippen molar-refractivity contribution in [1.29, 1.82) is 0 Å². The van der Waals surface area contributed by atoms with Crippen molar-refractivity contribution in [2.45, 2.75) is 89.9 Å². The Balaban J connectivity index is 1.30. The summed E-state index contributed by atoms with van der Waals surface area (Å²) in [5.74, 6) is 0.490. The van der Waals surface area contributed by atoms with E-state index in [0.29, 0.717) is 47.7 Å². The molecule has 2 saturated carbocycles. The second-order valence-corrected chi connectivity index (χ2v) is 10.3. The molecule has 0 amide bonds. The van der Waals surface area contributed by atoms with Crippen LogP contribution in [0.15, 0.2) is 30.3 Å². The SMILES string of the molecule is CCOc1ccc(C2CCC(CCc3ccc(C4CCC(C)CC4)c(F)c3F)CC2)cc1F. The molecule has 0 aliphatic heterocycles. The van der Waals surface area contributed by atoms with Crippen LogP contribution in [0.1, 0.15) is 100 Å². The molecule has 0 N–H and O–H groups in total. The molecule has 2 aliphatic rings. The van der Waals surface area contributed by atoms with Crippen molar-refractivity contribution in [1.82, 2.24) is 0 Å². The first-order valence-corrected chi connectivity index (χ1v) is 12.8. The standard InChI is InChI=1S/C29H37F3O/c1-3-33-27-17-15-24(18-26(27)30)21-11-6-20(7-12-21)8-13-23-14-16-25(29(32)28(23)31)22-9-4-19(2)5-10-22/h14-22H,3-13H2,1-2H3. The minimum Gasteiger partial charge on any atom is -0.491 e. The Labute approximate surface area is 196 Å². The smallest absolute Gasteiger partial charge is 0.165 e. The first-order valence-electron chi connectivity index (χ1n) is 12.8. The summed E-state index contributed by atoms with van der Waals surface area (Å²) in [6.07, 6.45) is 9.67. The van der Waals surface area contributed by atoms with Crippen LogP contribution in [0.25, 0.3) is 0 Å². The van der Waals surface area contributed by atoms with E-state index in [1.54, 1.807) is 12.1 Å². The molecule has 0 saturated heterocycles. The molecule has 2 aliphatic carbocycles. The van der Waals surface area contributed by atoms with Gasteiger partial charge >= 0.3 is 0 Å². The predicted molar refractivity (Wildman–Crippen MR) is 127 cm³/mol. The van der Waals surface area contributed by atoms with Crippen LogP contribution < -0.4 is 4.74 Å². The fraction of sp³-hybridized carbons (Fsp3) is 0.586. The number of aryl methyl sites for hydroxylation is 1. The molecule has 2 aromatic carbocycles. The number of ether oxygens (including phenoxy) is 1. The Morgan fingerprint density at radius 3 is 2.18 bits per heavy atom. The van der Waals surface area contributed by atoms with Crippen molar-refractivity contribution in [2.24, 2.45) is 11.8 Å². The normalized spacial score (nSPS) is 25.7. The Morgan fingerprint density at radius 2 is 1.52 bits per heavy atom. The Morgan fingerprint density at radius 1 is 0.818 bits per heavy atom. The van der Waals surface area contributed by atoms with E-state index in [1.807, 2.05) is 25.1 Å². The summed E-state index contributed by atoms with van der Waals surface area (Å²) in [5.41, 5.74) is 2.12. The second-order valence-electron chi connectivity index (χ2n) is 10.3. The zero-order chi connectivity index (χ0) is 23.4. The van der Waals surface area contributed by atoms with Crippen LogP contribution in [0.4, 0.5) is 13.2 Å². The average molecular weight is 459 g/mol. The summed E-state index contributed by atoms with van der Waals surface area (Å²) in [4.78, 5) is 0. The van der Waals surface area contributed by atoms with Gasteiger partial charge in [0.25, 0.3) is 0 Å². The van der Waals surface area contributed by atoms with Crippen LogP contribution in [-0.2, 0) is 6.42 Å². The molecular formula is C29H37F3O. The van der Waals surface area contributed by atoms with Crippen molar-refractivity contribution in [2.75, 3.05) is 6.61 Å². The summed E-state index contributed by atoms with van der Waals surface area (Å²) in [5, 5.41) is 0. The highest BCUT2D eigenvalue weighted by molar-refractivity contribution is 5.32. The average Bonchev–Trinajstić information content (AvgIpc) is 2.82. The van der Waals surface area contributed by atoms with E-state index in [4.69, 9.17) is 4.74 Å². The summed E-state index contributed by atoms with van der Waals surface area (Å²) >= 11 is 0. The van der Waals surface area contributed by atoms with Gasteiger partial charge in [0.2, 0.25) is 0 Å². The third-order valence-corrected chi connectivity index (χ3v) is 8.04. The number of hydrogen-bond donors (Lipinski definition) is 0. The van der Waals surface area contributed by atoms with Crippen LogP contribution in [0, 0.1) is 29.3 Å². The second kappa shape index (κ2) is 11.0. The zero-order valence-corrected chi connectivity index (χ0v) is 20.0. The van der Waals surface area contributed by atoms with E-state index in [0.717, 1.165) is 63.4 Å². The highest BCUT2D eigenvalue weighted by Gasteiger charge is 2.26. The van der Waals surface area contributed by atoms with Crippen molar-refractivity contribution in [3.63, 3.8) is 0 Å². The lowest BCUT2D eigenvalue weighted by molar-refractivity contribution is 0.306. The molecule has 0 bridgehead atoms. The van der Waals surface area contributed by atoms with E-state index in [9.17, 15) is 13.2 Å². The Bertz CT molecular complexity index is 925. The van der Waals surface area contributed by atoms with E-state index in [-0.39, 0.29) is 11.7 Å². The maximum Gasteiger partial charge on any atom is 0.165 e. The minimum atomic E-state index is -0.635. The lowest BCUT2D eigenvalue weighted by Gasteiger charge is -2.29. The summed E-state index contributed by atoms with van der Waals surface area (Å²) in [6.45, 7) is 4.54. The highest BCUT2D eigenvalue weighted by atomic mass is 19.2. The van der Waals surface area contributed by atoms with Gasteiger partial charge in [0.1, 0.15) is 0 Å². The summed E-state index contributed by atoms with van der Waals surface area (Å²) in [6, 6.07) is 8.98. The van der Waals surface area contributed by atoms with Gasteiger partial charge in [-0.2, -0.15) is 0 Å². The van der Waals surface area contributed by atoms with Gasteiger partial charge in [0.15, 0.2) is 23.2 Å². The number of halogens is 3. The highest BCUT2D eigenvalue weighted by Crippen LogP contribution is 2.40. The van der Waals surface area contributed by atoms with Crippen molar-refractivity contribution < 1.29 is 17.9 Å². The van der Waals surface area contributed by atoms with E-state index < -0.39 is 11.6 Å². The maximum atomic E-state index is 14.8. The topological polar surface area (TPSA) is 9.23 Å². The van der Waals surface area contributed by atoms with Gasteiger partial charge in [0, 0.05) is 0 Å². The summed E-state index contributed by atoms with van der Waals surface area (Å²) < 4.78 is 49.2. The van der Waals surface area contributed by atoms with Gasteiger partial charge in [-0.3, -0.25) is 0 Å². The molecule has 33 heavy (non-hydrogen) atoms. The molecule has 0 spiro atoms. The zero-order valence-electron chi connectivity index (χ0n) is 20.0. The first kappa shape index (κ1) is 24.2. The van der Waals surface area contributed by atoms with E-state index in [1.165, 1.54) is 0 Å². The molecule has 0 heterocycles. The van der Waals surface area contributed by atoms with Crippen LogP contribution in [-0.4, -0.2) is 6.61 Å². The molecule has 2 aromatic rings. The van der Waals surface area contributed by atoms with Gasteiger partial charge in [-0.05, 0) is 111 Å². The molecule has 0 radical (unpaired) electrons. The largest absolute Gasteiger partial charge is 0.491 e. The number of hydrogen-bond acceptors (Lipinski definition) is 1. The molecule has 0 atom stereocenters. The fourth-order valence-electron chi connectivity index (χ4n) is 5.87. The van der Waals surface area contributed by atoms with E-state index >= 15 is 0 Å². The molecule has 4 rings (SSSR count). The van der Waals surface area contributed by atoms with Crippen molar-refractivity contribution in [3.05, 3.63) is 64.5 Å². The summed E-state index contributed by atoms with van der Waals surface area (Å²) in [7, 11) is 0. The molecule has 1 nitrogen and oxygen atoms in total. The molecule has 0 aromatic heterocycles. The fourth-order valence-corrected chi connectivity index (χ4v) is 5.87. The lowest BCUT2D eigenvalue weighted by Crippen LogP contribution is -2.15.